The zero-order valence-electron chi connectivity index (χ0n) is 86.1. The van der Waals surface area contributed by atoms with Gasteiger partial charge in [-0.15, -0.1) is 0 Å². The molecule has 702 valence electrons. The van der Waals surface area contributed by atoms with Crippen molar-refractivity contribution in [1.29, 1.82) is 0 Å². The molecule has 22 rings (SSSR count). The Hall–Kier alpha value is -13.4. The number of hydrogen-bond donors (Lipinski definition) is 2. The molecule has 5 aromatic heterocycles. The highest BCUT2D eigenvalue weighted by molar-refractivity contribution is 6.81. The second kappa shape index (κ2) is 34.1. The highest BCUT2D eigenvalue weighted by atomic mass is 19.1. The van der Waals surface area contributed by atoms with Crippen molar-refractivity contribution in [2.45, 2.75) is 159 Å². The van der Waals surface area contributed by atoms with Crippen molar-refractivity contribution in [2.24, 2.45) is 0 Å². The lowest BCUT2D eigenvalue weighted by molar-refractivity contribution is -0.353. The number of hydrogen-bond acceptors (Lipinski definition) is 2. The Morgan fingerprint density at radius 2 is 0.442 bits per heavy atom. The minimum atomic E-state index is -2.72. The number of fused-ring (bicyclic) bond motifs is 10. The van der Waals surface area contributed by atoms with Gasteiger partial charge >= 0.3 is 33.3 Å². The molecule has 0 radical (unpaired) electrons. The van der Waals surface area contributed by atoms with Crippen molar-refractivity contribution in [3.8, 4) is 0 Å². The number of halogens is 3. The molecule has 14 nitrogen and oxygen atoms in total. The van der Waals surface area contributed by atoms with E-state index in [9.17, 15) is 10.0 Å². The SMILES string of the molecule is CC1=CC(C)=[N+]2C1=C(C)c1c(C)cc(C)n1[B-]2(F)c1ccccc1.CC1=CC(C)=[N+]2C1=C(C)c1c(C)cc(C)n1[B-]2(O)c1ccccc1.CC1=CC(C)=[N+]2C1=C(C)c1c(C)cc(C)n1[B-]2([18F])c1ccccc1.CC1=CC(C)=[N+]2C1=C(c1ccc([N+](C)(C)C)cc1)c1c(C)cc(C)n1[B-]2(F)c1ccccc1.CC1=CC(C)=[N+]2C1=C(c1ccc([N+](C)(C)C)cc1)c1c(C)cc(C)n1[B-]2(O)c1ccccc1. The highest BCUT2D eigenvalue weighted by Crippen LogP contribution is 2.49. The number of aromatic nitrogens is 5. The number of benzene rings is 7. The number of nitrogens with zero attached hydrogens (tertiary/aromatic N) is 12. The van der Waals surface area contributed by atoms with Gasteiger partial charge in [0, 0.05) is 138 Å². The average molecular weight is 1840 g/mol. The van der Waals surface area contributed by atoms with Crippen LogP contribution in [-0.2, 0) is 0 Å². The summed E-state index contributed by atoms with van der Waals surface area (Å²) in [5.74, 6) is 0. The normalized spacial score (nSPS) is 21.5. The van der Waals surface area contributed by atoms with Crippen LogP contribution in [0, 0.1) is 69.2 Å². The summed E-state index contributed by atoms with van der Waals surface area (Å²) in [7, 11) is 13.0. The van der Waals surface area contributed by atoms with Gasteiger partial charge in [-0.2, -0.15) is 0 Å². The van der Waals surface area contributed by atoms with E-state index in [0.717, 1.165) is 190 Å². The van der Waals surface area contributed by atoms with Crippen LogP contribution in [-0.4, -0.2) is 159 Å². The van der Waals surface area contributed by atoms with Gasteiger partial charge in [0.05, 0.1) is 53.4 Å². The van der Waals surface area contributed by atoms with Crippen molar-refractivity contribution in [2.75, 3.05) is 42.3 Å². The van der Waals surface area contributed by atoms with E-state index in [4.69, 9.17) is 0 Å². The Morgan fingerprint density at radius 3 is 0.732 bits per heavy atom. The second-order valence-corrected chi connectivity index (χ2v) is 42.2. The Morgan fingerprint density at radius 1 is 0.239 bits per heavy atom. The molecule has 5 unspecified atom stereocenters. The third-order valence-corrected chi connectivity index (χ3v) is 30.8. The van der Waals surface area contributed by atoms with E-state index in [1.54, 1.807) is 0 Å². The monoisotopic (exact) mass is 1840 g/mol. The lowest BCUT2D eigenvalue weighted by atomic mass is 9.55. The first-order valence-corrected chi connectivity index (χ1v) is 48.8. The third kappa shape index (κ3) is 14.3. The van der Waals surface area contributed by atoms with E-state index in [2.05, 4.69) is 287 Å². The van der Waals surface area contributed by atoms with Crippen LogP contribution in [0.5, 0.6) is 0 Å². The molecule has 0 spiro atoms. The fourth-order valence-corrected chi connectivity index (χ4v) is 25.6. The summed E-state index contributed by atoms with van der Waals surface area (Å²) in [5, 5.41) is 24.8. The molecule has 0 saturated heterocycles. The van der Waals surface area contributed by atoms with Crippen LogP contribution in [0.15, 0.2) is 317 Å². The van der Waals surface area contributed by atoms with Gasteiger partial charge in [-0.25, -0.2) is 0 Å². The van der Waals surface area contributed by atoms with Crippen LogP contribution >= 0.6 is 0 Å². The maximum absolute atomic E-state index is 17.7. The molecule has 7 aromatic carbocycles. The lowest BCUT2D eigenvalue weighted by Gasteiger charge is -2.41. The standard InChI is InChI=1S/C28H32BFN3.C28H33BN3O.2C20H22BFN2.C20H23BN2O/c1-19-17-21(3)31-27(19)26(23-13-15-25(16-14-23)33(5,6)7)28-20(2)18-22(4)32(28)29(31,30)24-11-9-8-10-12-24;1-19-17-21(3)30-27(19)26(23-13-15-25(16-14-23)32(5,6)7)28-20(2)18-22(4)31(28)29(30,33)24-11-9-8-10-12-24;2*1-13-11-15(3)23-19(13)17(5)20-14(2)12-16(4)24(20)21(23,22)18-9-7-6-8-10-18;1-13-11-15(3)22-19(13)17(5)20-14(2)12-16(4)23(20)21(22,24)18-9-7-6-8-10-18/h8-18H,1-7H3;8-18,33H,1-7H3;2*6-12H,1-5H3;6-12,24H,1-5H3/q2*+1;;;/i;;22-1;;. The number of allylic oxidation sites excluding steroid dienone is 13. The van der Waals surface area contributed by atoms with Gasteiger partial charge in [0.25, 0.3) is 0 Å². The molecular weight excluding hydrogens is 1700 g/mol. The van der Waals surface area contributed by atoms with E-state index in [1.165, 1.54) is 50.4 Å². The van der Waals surface area contributed by atoms with Gasteiger partial charge in [-0.1, -0.05) is 179 Å². The van der Waals surface area contributed by atoms with Crippen LogP contribution in [0.4, 0.5) is 24.3 Å². The molecule has 0 aliphatic carbocycles. The predicted octanol–water partition coefficient (Wildman–Crippen LogP) is 20.2. The summed E-state index contributed by atoms with van der Waals surface area (Å²) in [6.07, 6.45) is 10.7. The Balaban J connectivity index is 0.000000115. The summed E-state index contributed by atoms with van der Waals surface area (Å²) < 4.78 is 73.4. The minimum Gasteiger partial charge on any atom is -0.522 e. The maximum atomic E-state index is 17.7. The van der Waals surface area contributed by atoms with Crippen LogP contribution in [0.3, 0.4) is 0 Å². The lowest BCUT2D eigenvalue weighted by Crippen LogP contribution is -2.66. The largest absolute Gasteiger partial charge is 0.578 e. The summed E-state index contributed by atoms with van der Waals surface area (Å²) >= 11 is 0. The molecule has 138 heavy (non-hydrogen) atoms. The first kappa shape index (κ1) is 95.0. The molecular formula is C116H132B5F3N12O2+2. The quantitative estimate of drug-likeness (QED) is 0.112. The third-order valence-electron chi connectivity index (χ3n) is 30.8. The van der Waals surface area contributed by atoms with E-state index in [1.807, 2.05) is 220 Å². The summed E-state index contributed by atoms with van der Waals surface area (Å²) in [6, 6.07) is 77.2. The van der Waals surface area contributed by atoms with Crippen LogP contribution in [0.1, 0.15) is 186 Å². The van der Waals surface area contributed by atoms with Gasteiger partial charge < -0.3 is 67.8 Å². The molecule has 15 heterocycles. The minimum absolute atomic E-state index is 0.692. The van der Waals surface area contributed by atoms with E-state index < -0.39 is 33.3 Å². The highest BCUT2D eigenvalue weighted by Gasteiger charge is 2.59. The molecule has 12 aromatic rings. The Labute approximate surface area is 814 Å². The van der Waals surface area contributed by atoms with Gasteiger partial charge in [0.1, 0.15) is 39.9 Å². The Bertz CT molecular complexity index is 7140. The maximum Gasteiger partial charge on any atom is 0.578 e. The van der Waals surface area contributed by atoms with Gasteiger partial charge in [-0.3, -0.25) is 8.97 Å². The molecule has 0 saturated carbocycles. The Kier molecular flexibility index (Phi) is 23.4. The van der Waals surface area contributed by atoms with Crippen LogP contribution in [0.25, 0.3) is 27.9 Å². The zero-order valence-corrected chi connectivity index (χ0v) is 86.1. The van der Waals surface area contributed by atoms with Crippen molar-refractivity contribution >= 4 is 128 Å². The predicted molar refractivity (Wildman–Crippen MR) is 579 cm³/mol. The fraction of sp³-hybridized carbons (Fsp3) is 0.250. The molecule has 5 atom stereocenters. The molecule has 0 bridgehead atoms. The first-order valence-electron chi connectivity index (χ1n) is 48.8. The molecule has 2 N–H and O–H groups in total. The number of quaternary nitrogens is 2. The smallest absolute Gasteiger partial charge is 0.522 e. The summed E-state index contributed by atoms with van der Waals surface area (Å²) in [6.45, 7) is 35.6. The van der Waals surface area contributed by atoms with Crippen LogP contribution < -0.4 is 36.3 Å². The zero-order chi connectivity index (χ0) is 99.1. The van der Waals surface area contributed by atoms with E-state index in [-0.39, 0.29) is 0 Å². The summed E-state index contributed by atoms with van der Waals surface area (Å²) in [5.41, 5.74) is 46.6. The van der Waals surface area contributed by atoms with Gasteiger partial charge in [0.2, 0.25) is 0 Å². The van der Waals surface area contributed by atoms with Crippen LogP contribution in [0.2, 0.25) is 0 Å². The molecule has 0 fully saturated rings. The summed E-state index contributed by atoms with van der Waals surface area (Å²) in [4.78, 5) is 0. The molecule has 10 aliphatic rings. The van der Waals surface area contributed by atoms with Crippen molar-refractivity contribution in [3.05, 3.63) is 413 Å². The first-order chi connectivity index (χ1) is 65.2. The van der Waals surface area contributed by atoms with Crippen molar-refractivity contribution in [1.82, 2.24) is 31.4 Å². The van der Waals surface area contributed by atoms with E-state index >= 15 is 12.9 Å². The second-order valence-electron chi connectivity index (χ2n) is 42.2. The number of aryl methyl sites for hydroxylation is 10. The molecule has 10 aliphatic heterocycles. The van der Waals surface area contributed by atoms with Crippen molar-refractivity contribution < 1.29 is 45.4 Å². The van der Waals surface area contributed by atoms with Gasteiger partial charge in [-0.05, 0) is 271 Å². The van der Waals surface area contributed by atoms with Crippen molar-refractivity contribution in [3.63, 3.8) is 0 Å². The fourth-order valence-electron chi connectivity index (χ4n) is 25.6. The number of rotatable bonds is 9. The van der Waals surface area contributed by atoms with E-state index in [0.29, 0.717) is 16.4 Å². The topological polar surface area (TPSA) is 80.2 Å². The van der Waals surface area contributed by atoms with Gasteiger partial charge in [0.15, 0.2) is 28.5 Å². The molecule has 22 heteroatoms. The molecule has 0 amide bonds. The average Bonchev–Trinajstić information content (AvgIpc) is 1.53.